The van der Waals surface area contributed by atoms with Crippen LogP contribution in [0, 0.1) is 0 Å². The van der Waals surface area contributed by atoms with Crippen LogP contribution in [0.4, 0.5) is 0 Å². The number of hydrogen-bond donors (Lipinski definition) is 1. The highest BCUT2D eigenvalue weighted by atomic mass is 32.2. The van der Waals surface area contributed by atoms with Gasteiger partial charge in [0.25, 0.3) is 0 Å². The Hall–Kier alpha value is -1.48. The van der Waals surface area contributed by atoms with E-state index in [0.29, 0.717) is 30.8 Å². The summed E-state index contributed by atoms with van der Waals surface area (Å²) in [7, 11) is -1.22. The molecule has 1 aromatic carbocycles. The van der Waals surface area contributed by atoms with Gasteiger partial charge in [-0.05, 0) is 63.4 Å². The summed E-state index contributed by atoms with van der Waals surface area (Å²) in [6.45, 7) is 7.61. The van der Waals surface area contributed by atoms with Gasteiger partial charge >= 0.3 is 0 Å². The summed E-state index contributed by atoms with van der Waals surface area (Å²) in [4.78, 5) is 17.3. The second-order valence-electron chi connectivity index (χ2n) is 8.81. The van der Waals surface area contributed by atoms with Crippen LogP contribution < -0.4 is 5.32 Å². The molecule has 1 N–H and O–H groups in total. The van der Waals surface area contributed by atoms with Gasteiger partial charge in [-0.1, -0.05) is 18.6 Å². The number of sulfonamides is 1. The Morgan fingerprint density at radius 3 is 2.29 bits per heavy atom. The molecule has 2 aliphatic heterocycles. The number of likely N-dealkylation sites (N-methyl/N-ethyl adjacent to an activating group) is 1. The first-order valence-corrected chi connectivity index (χ1v) is 13.2. The number of piperidine rings is 1. The summed E-state index contributed by atoms with van der Waals surface area (Å²) in [6, 6.07) is 7.02. The molecule has 174 valence electrons. The number of unbranched alkanes of at least 4 members (excludes halogenated alkanes) is 1. The average molecular weight is 451 g/mol. The minimum Gasteiger partial charge on any atom is -0.356 e. The summed E-state index contributed by atoms with van der Waals surface area (Å²) < 4.78 is 27.0. The lowest BCUT2D eigenvalue weighted by Gasteiger charge is -2.32. The van der Waals surface area contributed by atoms with Crippen molar-refractivity contribution in [3.8, 4) is 0 Å². The highest BCUT2D eigenvalue weighted by Crippen LogP contribution is 2.21. The molecule has 0 spiro atoms. The van der Waals surface area contributed by atoms with Gasteiger partial charge in [0, 0.05) is 52.2 Å². The van der Waals surface area contributed by atoms with Crippen LogP contribution in [0.3, 0.4) is 0 Å². The van der Waals surface area contributed by atoms with E-state index in [-0.39, 0.29) is 5.91 Å². The minimum atomic E-state index is -3.39. The maximum atomic E-state index is 12.7. The zero-order valence-electron chi connectivity index (χ0n) is 18.9. The monoisotopic (exact) mass is 450 g/mol. The number of aryl methyl sites for hydroxylation is 1. The lowest BCUT2D eigenvalue weighted by Crippen LogP contribution is -2.44. The van der Waals surface area contributed by atoms with E-state index in [1.807, 2.05) is 12.1 Å². The summed E-state index contributed by atoms with van der Waals surface area (Å²) >= 11 is 0. The molecule has 2 heterocycles. The lowest BCUT2D eigenvalue weighted by molar-refractivity contribution is -0.121. The van der Waals surface area contributed by atoms with Crippen LogP contribution in [0.25, 0.3) is 0 Å². The maximum Gasteiger partial charge on any atom is 0.243 e. The molecule has 0 aromatic heterocycles. The van der Waals surface area contributed by atoms with Crippen molar-refractivity contribution in [3.63, 3.8) is 0 Å². The Balaban J connectivity index is 1.32. The van der Waals surface area contributed by atoms with Crippen LogP contribution in [-0.4, -0.2) is 87.8 Å². The van der Waals surface area contributed by atoms with E-state index in [2.05, 4.69) is 22.2 Å². The Morgan fingerprint density at radius 1 is 0.935 bits per heavy atom. The first kappa shape index (κ1) is 24.2. The first-order chi connectivity index (χ1) is 14.9. The van der Waals surface area contributed by atoms with Gasteiger partial charge in [0.05, 0.1) is 4.90 Å². The fraction of sp³-hybridized carbons (Fsp3) is 0.696. The number of piperazine rings is 1. The smallest absolute Gasteiger partial charge is 0.243 e. The predicted octanol–water partition coefficient (Wildman–Crippen LogP) is 1.94. The third-order valence-corrected chi connectivity index (χ3v) is 8.25. The molecular weight excluding hydrogens is 412 g/mol. The second-order valence-corrected chi connectivity index (χ2v) is 10.7. The minimum absolute atomic E-state index is 0.0598. The molecule has 2 aliphatic rings. The lowest BCUT2D eigenvalue weighted by atomic mass is 10.1. The van der Waals surface area contributed by atoms with E-state index in [9.17, 15) is 13.2 Å². The van der Waals surface area contributed by atoms with Crippen LogP contribution in [-0.2, 0) is 21.2 Å². The van der Waals surface area contributed by atoms with E-state index in [1.165, 1.54) is 0 Å². The summed E-state index contributed by atoms with van der Waals surface area (Å²) in [5.41, 5.74) is 0.989. The van der Waals surface area contributed by atoms with Gasteiger partial charge in [-0.25, -0.2) is 8.42 Å². The van der Waals surface area contributed by atoms with Crippen LogP contribution in [0.2, 0.25) is 0 Å². The molecule has 0 aliphatic carbocycles. The van der Waals surface area contributed by atoms with Gasteiger partial charge in [-0.15, -0.1) is 0 Å². The van der Waals surface area contributed by atoms with Crippen molar-refractivity contribution in [3.05, 3.63) is 29.8 Å². The van der Waals surface area contributed by atoms with Gasteiger partial charge in [-0.3, -0.25) is 4.79 Å². The largest absolute Gasteiger partial charge is 0.356 e. The molecule has 2 saturated heterocycles. The van der Waals surface area contributed by atoms with Crippen molar-refractivity contribution in [2.45, 2.75) is 49.8 Å². The third kappa shape index (κ3) is 7.56. The number of carbonyl (C=O) groups excluding carboxylic acids is 1. The fourth-order valence-corrected chi connectivity index (χ4v) is 5.71. The summed E-state index contributed by atoms with van der Waals surface area (Å²) in [6.07, 6.45) is 6.12. The SMILES string of the molecule is CN1CCN(CCCCNC(=O)CCc2ccc(S(=O)(=O)N3CCCCC3)cc2)CC1. The zero-order chi connectivity index (χ0) is 22.1. The van der Waals surface area contributed by atoms with Crippen molar-refractivity contribution in [1.82, 2.24) is 19.4 Å². The first-order valence-electron chi connectivity index (χ1n) is 11.7. The van der Waals surface area contributed by atoms with Crippen LogP contribution in [0.5, 0.6) is 0 Å². The number of nitrogens with zero attached hydrogens (tertiary/aromatic N) is 3. The standard InChI is InChI=1S/C23H38N4O3S/c1-25-17-19-26(20-18-25)14-6-3-13-24-23(28)12-9-21-7-10-22(11-8-21)31(29,30)27-15-4-2-5-16-27/h7-8,10-11H,2-6,9,12-20H2,1H3,(H,24,28). The Kier molecular flexibility index (Phi) is 9.31. The van der Waals surface area contributed by atoms with E-state index in [4.69, 9.17) is 0 Å². The average Bonchev–Trinajstić information content (AvgIpc) is 2.79. The normalized spacial score (nSPS) is 19.4. The summed E-state index contributed by atoms with van der Waals surface area (Å²) in [5, 5.41) is 3.01. The number of carbonyl (C=O) groups is 1. The Morgan fingerprint density at radius 2 is 1.61 bits per heavy atom. The van der Waals surface area contributed by atoms with Crippen molar-refractivity contribution in [2.75, 3.05) is 59.4 Å². The van der Waals surface area contributed by atoms with Crippen molar-refractivity contribution in [1.29, 1.82) is 0 Å². The van der Waals surface area contributed by atoms with E-state index in [0.717, 1.165) is 76.9 Å². The predicted molar refractivity (Wildman–Crippen MR) is 124 cm³/mol. The number of benzene rings is 1. The summed E-state index contributed by atoms with van der Waals surface area (Å²) in [5.74, 6) is 0.0598. The molecule has 0 bridgehead atoms. The maximum absolute atomic E-state index is 12.7. The highest BCUT2D eigenvalue weighted by molar-refractivity contribution is 7.89. The van der Waals surface area contributed by atoms with Crippen molar-refractivity contribution >= 4 is 15.9 Å². The number of hydrogen-bond acceptors (Lipinski definition) is 5. The molecule has 7 nitrogen and oxygen atoms in total. The quantitative estimate of drug-likeness (QED) is 0.552. The molecule has 31 heavy (non-hydrogen) atoms. The molecule has 1 aromatic rings. The van der Waals surface area contributed by atoms with Gasteiger partial charge in [0.15, 0.2) is 0 Å². The van der Waals surface area contributed by atoms with Gasteiger partial charge in [-0.2, -0.15) is 4.31 Å². The van der Waals surface area contributed by atoms with Crippen LogP contribution in [0.1, 0.15) is 44.1 Å². The van der Waals surface area contributed by atoms with Crippen LogP contribution >= 0.6 is 0 Å². The molecule has 0 radical (unpaired) electrons. The zero-order valence-corrected chi connectivity index (χ0v) is 19.7. The van der Waals surface area contributed by atoms with Gasteiger partial charge in [0.2, 0.25) is 15.9 Å². The Labute approximate surface area is 187 Å². The molecule has 2 fully saturated rings. The van der Waals surface area contributed by atoms with Crippen LogP contribution in [0.15, 0.2) is 29.2 Å². The van der Waals surface area contributed by atoms with Gasteiger partial charge in [0.1, 0.15) is 0 Å². The van der Waals surface area contributed by atoms with E-state index < -0.39 is 10.0 Å². The molecule has 3 rings (SSSR count). The molecule has 0 saturated carbocycles. The number of nitrogens with one attached hydrogen (secondary N) is 1. The molecular formula is C23H38N4O3S. The number of rotatable bonds is 10. The van der Waals surface area contributed by atoms with Gasteiger partial charge < -0.3 is 15.1 Å². The molecule has 1 amide bonds. The van der Waals surface area contributed by atoms with E-state index in [1.54, 1.807) is 16.4 Å². The number of amides is 1. The molecule has 0 unspecified atom stereocenters. The second kappa shape index (κ2) is 11.9. The highest BCUT2D eigenvalue weighted by Gasteiger charge is 2.25. The van der Waals surface area contributed by atoms with E-state index >= 15 is 0 Å². The molecule has 8 heteroatoms. The van der Waals surface area contributed by atoms with Crippen molar-refractivity contribution < 1.29 is 13.2 Å². The van der Waals surface area contributed by atoms with Crippen molar-refractivity contribution in [2.24, 2.45) is 0 Å². The Bertz CT molecular complexity index is 784. The fourth-order valence-electron chi connectivity index (χ4n) is 4.19. The third-order valence-electron chi connectivity index (χ3n) is 6.34. The molecule has 0 atom stereocenters. The topological polar surface area (TPSA) is 73.0 Å².